The van der Waals surface area contributed by atoms with Crippen LogP contribution in [0, 0.1) is 0 Å². The summed E-state index contributed by atoms with van der Waals surface area (Å²) in [4.78, 5) is 12.9. The average Bonchev–Trinajstić information content (AvgIpc) is 3.39. The molecule has 0 unspecified atom stereocenters. The minimum atomic E-state index is -3.45. The van der Waals surface area contributed by atoms with Crippen LogP contribution >= 0.6 is 0 Å². The monoisotopic (exact) mass is 398 g/mol. The summed E-state index contributed by atoms with van der Waals surface area (Å²) in [7, 11) is -3.45. The third-order valence-electron chi connectivity index (χ3n) is 5.79. The maximum atomic E-state index is 12.6. The first-order chi connectivity index (χ1) is 13.4. The van der Waals surface area contributed by atoms with Crippen LogP contribution in [0.25, 0.3) is 0 Å². The Morgan fingerprint density at radius 2 is 1.64 bits per heavy atom. The highest BCUT2D eigenvalue weighted by Crippen LogP contribution is 2.26. The summed E-state index contributed by atoms with van der Waals surface area (Å²) in [5.41, 5.74) is 4.36. The Hall–Kier alpha value is -2.18. The molecule has 0 radical (unpaired) electrons. The second-order valence-corrected chi connectivity index (χ2v) is 9.65. The Bertz CT molecular complexity index is 977. The molecule has 2 aromatic carbocycles. The van der Waals surface area contributed by atoms with Gasteiger partial charge < -0.3 is 5.32 Å². The fraction of sp³-hybridized carbons (Fsp3) is 0.409. The summed E-state index contributed by atoms with van der Waals surface area (Å²) in [5, 5.41) is 3.02. The van der Waals surface area contributed by atoms with Crippen LogP contribution in [-0.4, -0.2) is 31.7 Å². The molecule has 28 heavy (non-hydrogen) atoms. The number of benzene rings is 2. The van der Waals surface area contributed by atoms with E-state index in [1.54, 1.807) is 12.1 Å². The van der Waals surface area contributed by atoms with Crippen molar-refractivity contribution in [1.82, 2.24) is 9.62 Å². The molecule has 2 aromatic rings. The van der Waals surface area contributed by atoms with Crippen LogP contribution in [0.4, 0.5) is 0 Å². The number of carbonyl (C=O) groups excluding carboxylic acids is 1. The number of rotatable bonds is 5. The van der Waals surface area contributed by atoms with E-state index in [4.69, 9.17) is 0 Å². The summed E-state index contributed by atoms with van der Waals surface area (Å²) in [6.45, 7) is 3.12. The largest absolute Gasteiger partial charge is 0.346 e. The van der Waals surface area contributed by atoms with Crippen LogP contribution < -0.4 is 5.32 Å². The highest BCUT2D eigenvalue weighted by Gasteiger charge is 2.27. The third kappa shape index (κ3) is 3.71. The van der Waals surface area contributed by atoms with Crippen LogP contribution in [0.15, 0.2) is 47.4 Å². The maximum Gasteiger partial charge on any atom is 0.251 e. The molecule has 1 aliphatic carbocycles. The molecule has 0 bridgehead atoms. The molecule has 148 valence electrons. The normalized spacial score (nSPS) is 18.0. The Labute approximate surface area is 166 Å². The molecule has 1 saturated heterocycles. The number of carbonyl (C=O) groups is 1. The third-order valence-corrected chi connectivity index (χ3v) is 7.70. The van der Waals surface area contributed by atoms with Crippen LogP contribution in [0.1, 0.15) is 59.3 Å². The van der Waals surface area contributed by atoms with Gasteiger partial charge in [0.05, 0.1) is 10.9 Å². The second-order valence-electron chi connectivity index (χ2n) is 7.71. The molecule has 1 fully saturated rings. The Morgan fingerprint density at radius 3 is 2.36 bits per heavy atom. The van der Waals surface area contributed by atoms with Crippen molar-refractivity contribution in [2.45, 2.75) is 50.0 Å². The Balaban J connectivity index is 1.45. The molecule has 2 aliphatic rings. The molecule has 0 spiro atoms. The topological polar surface area (TPSA) is 66.5 Å². The van der Waals surface area contributed by atoms with Crippen molar-refractivity contribution in [2.24, 2.45) is 0 Å². The molecule has 1 N–H and O–H groups in total. The summed E-state index contributed by atoms with van der Waals surface area (Å²) < 4.78 is 26.7. The first-order valence-electron chi connectivity index (χ1n) is 9.98. The number of nitrogens with one attached hydrogen (secondary N) is 1. The van der Waals surface area contributed by atoms with Gasteiger partial charge in [0.1, 0.15) is 0 Å². The number of nitrogens with zero attached hydrogens (tertiary/aromatic N) is 1. The molecule has 0 saturated carbocycles. The van der Waals surface area contributed by atoms with Gasteiger partial charge in [-0.1, -0.05) is 18.2 Å². The van der Waals surface area contributed by atoms with Crippen molar-refractivity contribution in [3.8, 4) is 0 Å². The van der Waals surface area contributed by atoms with E-state index in [9.17, 15) is 13.2 Å². The number of fused-ring (bicyclic) bond motifs is 1. The number of aryl methyl sites for hydroxylation is 2. The van der Waals surface area contributed by atoms with Gasteiger partial charge in [0.25, 0.3) is 5.91 Å². The van der Waals surface area contributed by atoms with Crippen molar-refractivity contribution >= 4 is 15.9 Å². The lowest BCUT2D eigenvalue weighted by Gasteiger charge is -2.17. The van der Waals surface area contributed by atoms with Gasteiger partial charge in [0.15, 0.2) is 0 Å². The zero-order valence-electron chi connectivity index (χ0n) is 16.1. The minimum absolute atomic E-state index is 0.105. The molecular formula is C22H26N2O3S. The first-order valence-corrected chi connectivity index (χ1v) is 11.4. The van der Waals surface area contributed by atoms with Gasteiger partial charge in [-0.3, -0.25) is 4.79 Å². The average molecular weight is 399 g/mol. The first kappa shape index (κ1) is 19.2. The zero-order valence-corrected chi connectivity index (χ0v) is 17.0. The van der Waals surface area contributed by atoms with Crippen LogP contribution in [0.5, 0.6) is 0 Å². The fourth-order valence-corrected chi connectivity index (χ4v) is 5.60. The van der Waals surface area contributed by atoms with E-state index >= 15 is 0 Å². The second kappa shape index (κ2) is 7.68. The number of amides is 1. The number of sulfonamides is 1. The molecular weight excluding hydrogens is 372 g/mol. The van der Waals surface area contributed by atoms with Crippen molar-refractivity contribution in [1.29, 1.82) is 0 Å². The number of hydrogen-bond donors (Lipinski definition) is 1. The van der Waals surface area contributed by atoms with Crippen molar-refractivity contribution < 1.29 is 13.2 Å². The van der Waals surface area contributed by atoms with Gasteiger partial charge in [-0.2, -0.15) is 4.31 Å². The van der Waals surface area contributed by atoms with Crippen molar-refractivity contribution in [2.75, 3.05) is 13.1 Å². The lowest BCUT2D eigenvalue weighted by molar-refractivity contribution is 0.0939. The zero-order chi connectivity index (χ0) is 19.7. The van der Waals surface area contributed by atoms with E-state index in [0.717, 1.165) is 31.2 Å². The lowest BCUT2D eigenvalue weighted by Crippen LogP contribution is -2.28. The smallest absolute Gasteiger partial charge is 0.251 e. The summed E-state index contributed by atoms with van der Waals surface area (Å²) >= 11 is 0. The van der Waals surface area contributed by atoms with E-state index in [0.29, 0.717) is 18.7 Å². The van der Waals surface area contributed by atoms with Crippen LogP contribution in [0.2, 0.25) is 0 Å². The molecule has 1 heterocycles. The summed E-state index contributed by atoms with van der Waals surface area (Å²) in [6.07, 6.45) is 5.26. The van der Waals surface area contributed by atoms with E-state index < -0.39 is 10.0 Å². The molecule has 0 aromatic heterocycles. The predicted molar refractivity (Wildman–Crippen MR) is 109 cm³/mol. The predicted octanol–water partition coefficient (Wildman–Crippen LogP) is 3.45. The Kier molecular flexibility index (Phi) is 5.25. The van der Waals surface area contributed by atoms with Gasteiger partial charge in [-0.05, 0) is 80.0 Å². The van der Waals surface area contributed by atoms with Crippen LogP contribution in [-0.2, 0) is 22.9 Å². The molecule has 1 aliphatic heterocycles. The van der Waals surface area contributed by atoms with Gasteiger partial charge in [0.2, 0.25) is 10.0 Å². The van der Waals surface area contributed by atoms with Gasteiger partial charge in [0, 0.05) is 18.7 Å². The molecule has 1 atom stereocenters. The molecule has 6 heteroatoms. The molecule has 5 nitrogen and oxygen atoms in total. The highest BCUT2D eigenvalue weighted by atomic mass is 32.2. The van der Waals surface area contributed by atoms with E-state index in [-0.39, 0.29) is 16.8 Å². The Morgan fingerprint density at radius 1 is 0.964 bits per heavy atom. The van der Waals surface area contributed by atoms with E-state index in [1.165, 1.54) is 34.0 Å². The quantitative estimate of drug-likeness (QED) is 0.839. The van der Waals surface area contributed by atoms with Gasteiger partial charge >= 0.3 is 0 Å². The highest BCUT2D eigenvalue weighted by molar-refractivity contribution is 7.89. The van der Waals surface area contributed by atoms with Gasteiger partial charge in [-0.15, -0.1) is 0 Å². The maximum absolute atomic E-state index is 12.6. The summed E-state index contributed by atoms with van der Waals surface area (Å²) in [5.74, 6) is -0.196. The SMILES string of the molecule is C[C@@H](NC(=O)c1ccc(S(=O)(=O)N2CCCC2)cc1)c1ccc2c(c1)CCC2. The van der Waals surface area contributed by atoms with Crippen molar-refractivity contribution in [3.63, 3.8) is 0 Å². The van der Waals surface area contributed by atoms with Crippen LogP contribution in [0.3, 0.4) is 0 Å². The minimum Gasteiger partial charge on any atom is -0.346 e. The number of hydrogen-bond acceptors (Lipinski definition) is 3. The van der Waals surface area contributed by atoms with Crippen molar-refractivity contribution in [3.05, 3.63) is 64.7 Å². The molecule has 4 rings (SSSR count). The fourth-order valence-electron chi connectivity index (χ4n) is 4.08. The standard InChI is InChI=1S/C22H26N2O3S/c1-16(19-8-7-17-5-4-6-20(17)15-19)23-22(25)18-9-11-21(12-10-18)28(26,27)24-13-2-3-14-24/h7-12,15-16H,2-6,13-14H2,1H3,(H,23,25)/t16-/m1/s1. The van der Waals surface area contributed by atoms with E-state index in [1.807, 2.05) is 6.92 Å². The van der Waals surface area contributed by atoms with Gasteiger partial charge in [-0.25, -0.2) is 8.42 Å². The summed E-state index contributed by atoms with van der Waals surface area (Å²) in [6, 6.07) is 12.6. The lowest BCUT2D eigenvalue weighted by atomic mass is 10.0. The molecule has 1 amide bonds. The van der Waals surface area contributed by atoms with E-state index in [2.05, 4.69) is 23.5 Å².